The molecule has 0 aromatic heterocycles. The number of nitrogens with zero attached hydrogens (tertiary/aromatic N) is 2. The molecule has 1 atom stereocenters. The minimum Gasteiger partial charge on any atom is -0.494 e. The number of ether oxygens (including phenoxy) is 1. The van der Waals surface area contributed by atoms with Gasteiger partial charge in [0.25, 0.3) is 5.69 Å². The second kappa shape index (κ2) is 6.76. The number of non-ortho nitro benzene ring substituents is 1. The number of hydrogen-bond acceptors (Lipinski definition) is 5. The quantitative estimate of drug-likeness (QED) is 0.666. The summed E-state index contributed by atoms with van der Waals surface area (Å²) in [6.07, 6.45) is 2.04. The third-order valence-corrected chi connectivity index (χ3v) is 4.05. The van der Waals surface area contributed by atoms with Crippen molar-refractivity contribution in [1.29, 1.82) is 0 Å². The Morgan fingerprint density at radius 1 is 1.43 bits per heavy atom. The molecule has 0 spiro atoms. The first-order valence-electron chi connectivity index (χ1n) is 7.44. The van der Waals surface area contributed by atoms with E-state index >= 15 is 0 Å². The molecule has 1 unspecified atom stereocenters. The third kappa shape index (κ3) is 3.85. The summed E-state index contributed by atoms with van der Waals surface area (Å²) in [5.74, 6) is 1.09. The highest BCUT2D eigenvalue weighted by atomic mass is 16.6. The fourth-order valence-corrected chi connectivity index (χ4v) is 2.79. The van der Waals surface area contributed by atoms with Crippen LogP contribution in [-0.2, 0) is 0 Å². The average molecular weight is 293 g/mol. The summed E-state index contributed by atoms with van der Waals surface area (Å²) in [7, 11) is 0. The highest BCUT2D eigenvalue weighted by molar-refractivity contribution is 5.58. The Morgan fingerprint density at radius 2 is 2.10 bits per heavy atom. The van der Waals surface area contributed by atoms with Crippen molar-refractivity contribution in [2.24, 2.45) is 11.7 Å². The molecule has 116 valence electrons. The Labute approximate surface area is 125 Å². The Hall–Kier alpha value is -1.82. The number of benzene rings is 1. The molecule has 0 aliphatic carbocycles. The Kier molecular flexibility index (Phi) is 5.01. The summed E-state index contributed by atoms with van der Waals surface area (Å²) in [6.45, 7) is 6.15. The summed E-state index contributed by atoms with van der Waals surface area (Å²) >= 11 is 0. The van der Waals surface area contributed by atoms with Crippen molar-refractivity contribution in [3.63, 3.8) is 0 Å². The number of hydrogen-bond donors (Lipinski definition) is 1. The number of rotatable bonds is 5. The zero-order valence-corrected chi connectivity index (χ0v) is 12.6. The summed E-state index contributed by atoms with van der Waals surface area (Å²) in [5.41, 5.74) is 6.88. The van der Waals surface area contributed by atoms with E-state index in [-0.39, 0.29) is 16.7 Å². The van der Waals surface area contributed by atoms with Crippen molar-refractivity contribution < 1.29 is 9.66 Å². The monoisotopic (exact) mass is 293 g/mol. The molecule has 2 rings (SSSR count). The number of piperidine rings is 1. The normalized spacial score (nSPS) is 17.6. The second-order valence-corrected chi connectivity index (χ2v) is 5.56. The molecule has 0 radical (unpaired) electrons. The SMILES string of the molecule is CCOc1cc(N2CCC(C(C)N)CC2)cc([N+](=O)[O-])c1. The smallest absolute Gasteiger partial charge is 0.275 e. The van der Waals surface area contributed by atoms with Crippen molar-refractivity contribution in [3.8, 4) is 5.75 Å². The van der Waals surface area contributed by atoms with Gasteiger partial charge in [-0.25, -0.2) is 0 Å². The lowest BCUT2D eigenvalue weighted by Crippen LogP contribution is -2.39. The molecule has 0 amide bonds. The second-order valence-electron chi connectivity index (χ2n) is 5.56. The fourth-order valence-electron chi connectivity index (χ4n) is 2.79. The van der Waals surface area contributed by atoms with E-state index in [2.05, 4.69) is 4.90 Å². The summed E-state index contributed by atoms with van der Waals surface area (Å²) < 4.78 is 5.44. The lowest BCUT2D eigenvalue weighted by molar-refractivity contribution is -0.384. The van der Waals surface area contributed by atoms with Gasteiger partial charge in [-0.3, -0.25) is 10.1 Å². The molecule has 1 aliphatic rings. The van der Waals surface area contributed by atoms with Crippen LogP contribution in [0.2, 0.25) is 0 Å². The van der Waals surface area contributed by atoms with E-state index in [1.54, 1.807) is 6.07 Å². The number of anilines is 1. The van der Waals surface area contributed by atoms with Gasteiger partial charge in [0.15, 0.2) is 0 Å². The number of nitrogens with two attached hydrogens (primary N) is 1. The van der Waals surface area contributed by atoms with Crippen molar-refractivity contribution in [2.45, 2.75) is 32.7 Å². The van der Waals surface area contributed by atoms with Crippen LogP contribution in [0.5, 0.6) is 5.75 Å². The minimum absolute atomic E-state index is 0.0743. The first-order chi connectivity index (χ1) is 10.0. The lowest BCUT2D eigenvalue weighted by atomic mass is 9.91. The Morgan fingerprint density at radius 3 is 2.62 bits per heavy atom. The molecule has 1 fully saturated rings. The van der Waals surface area contributed by atoms with E-state index in [9.17, 15) is 10.1 Å². The fraction of sp³-hybridized carbons (Fsp3) is 0.600. The Balaban J connectivity index is 2.17. The lowest BCUT2D eigenvalue weighted by Gasteiger charge is -2.35. The summed E-state index contributed by atoms with van der Waals surface area (Å²) in [6, 6.07) is 5.18. The first-order valence-corrected chi connectivity index (χ1v) is 7.44. The molecule has 1 aliphatic heterocycles. The van der Waals surface area contributed by atoms with Crippen molar-refractivity contribution in [2.75, 3.05) is 24.6 Å². The molecule has 6 heteroatoms. The summed E-state index contributed by atoms with van der Waals surface area (Å²) in [4.78, 5) is 12.8. The molecule has 6 nitrogen and oxygen atoms in total. The van der Waals surface area contributed by atoms with Gasteiger partial charge in [-0.2, -0.15) is 0 Å². The topological polar surface area (TPSA) is 81.6 Å². The highest BCUT2D eigenvalue weighted by Gasteiger charge is 2.23. The van der Waals surface area contributed by atoms with Crippen LogP contribution in [0.1, 0.15) is 26.7 Å². The molecule has 0 saturated carbocycles. The van der Waals surface area contributed by atoms with Crippen molar-refractivity contribution in [1.82, 2.24) is 0 Å². The van der Waals surface area contributed by atoms with E-state index in [4.69, 9.17) is 10.5 Å². The van der Waals surface area contributed by atoms with Gasteiger partial charge in [-0.05, 0) is 32.6 Å². The van der Waals surface area contributed by atoms with Gasteiger partial charge in [-0.15, -0.1) is 0 Å². The van der Waals surface area contributed by atoms with Gasteiger partial charge in [0.05, 0.1) is 17.6 Å². The van der Waals surface area contributed by atoms with Crippen LogP contribution in [0.25, 0.3) is 0 Å². The maximum absolute atomic E-state index is 11.0. The van der Waals surface area contributed by atoms with Crippen LogP contribution in [-0.4, -0.2) is 30.7 Å². The van der Waals surface area contributed by atoms with Crippen LogP contribution in [0.15, 0.2) is 18.2 Å². The summed E-state index contributed by atoms with van der Waals surface area (Å²) in [5, 5.41) is 11.0. The maximum atomic E-state index is 11.0. The predicted octanol–water partition coefficient (Wildman–Crippen LogP) is 2.56. The Bertz CT molecular complexity index is 497. The number of nitro benzene ring substituents is 1. The van der Waals surface area contributed by atoms with Crippen LogP contribution in [0.3, 0.4) is 0 Å². The van der Waals surface area contributed by atoms with E-state index in [0.29, 0.717) is 18.3 Å². The van der Waals surface area contributed by atoms with E-state index < -0.39 is 0 Å². The standard InChI is InChI=1S/C15H23N3O3/c1-3-21-15-9-13(8-14(10-15)18(19)20)17-6-4-12(5-7-17)11(2)16/h8-12H,3-7,16H2,1-2H3. The van der Waals surface area contributed by atoms with Crippen molar-refractivity contribution >= 4 is 11.4 Å². The van der Waals surface area contributed by atoms with Crippen molar-refractivity contribution in [3.05, 3.63) is 28.3 Å². The average Bonchev–Trinajstić information content (AvgIpc) is 2.47. The minimum atomic E-state index is -0.374. The van der Waals surface area contributed by atoms with Gasteiger partial charge in [-0.1, -0.05) is 0 Å². The largest absolute Gasteiger partial charge is 0.494 e. The molecule has 1 saturated heterocycles. The highest BCUT2D eigenvalue weighted by Crippen LogP contribution is 2.31. The van der Waals surface area contributed by atoms with Crippen LogP contribution >= 0.6 is 0 Å². The predicted molar refractivity (Wildman–Crippen MR) is 82.9 cm³/mol. The molecular weight excluding hydrogens is 270 g/mol. The van der Waals surface area contributed by atoms with Crippen LogP contribution in [0.4, 0.5) is 11.4 Å². The van der Waals surface area contributed by atoms with Gasteiger partial charge >= 0.3 is 0 Å². The van der Waals surface area contributed by atoms with E-state index in [1.165, 1.54) is 6.07 Å². The van der Waals surface area contributed by atoms with E-state index in [0.717, 1.165) is 31.6 Å². The maximum Gasteiger partial charge on any atom is 0.275 e. The van der Waals surface area contributed by atoms with E-state index in [1.807, 2.05) is 19.9 Å². The van der Waals surface area contributed by atoms with Gasteiger partial charge in [0, 0.05) is 37.0 Å². The van der Waals surface area contributed by atoms with Crippen LogP contribution < -0.4 is 15.4 Å². The molecule has 2 N–H and O–H groups in total. The number of nitro groups is 1. The molecule has 1 aromatic carbocycles. The zero-order valence-electron chi connectivity index (χ0n) is 12.6. The molecule has 21 heavy (non-hydrogen) atoms. The van der Waals surface area contributed by atoms with Gasteiger partial charge < -0.3 is 15.4 Å². The first kappa shape index (κ1) is 15.6. The zero-order chi connectivity index (χ0) is 15.4. The van der Waals surface area contributed by atoms with Crippen LogP contribution in [0, 0.1) is 16.0 Å². The molecule has 1 aromatic rings. The molecule has 0 bridgehead atoms. The molecular formula is C15H23N3O3. The molecule has 1 heterocycles. The third-order valence-electron chi connectivity index (χ3n) is 4.05. The van der Waals surface area contributed by atoms with Gasteiger partial charge in [0.2, 0.25) is 0 Å². The van der Waals surface area contributed by atoms with Gasteiger partial charge in [0.1, 0.15) is 5.75 Å².